The third-order valence-electron chi connectivity index (χ3n) is 7.47. The zero-order chi connectivity index (χ0) is 21.5. The molecule has 2 atom stereocenters. The molecule has 4 heteroatoms. The number of amides is 1. The number of ether oxygens (including phenoxy) is 1. The Balaban J connectivity index is 1.23. The molecular formula is C27H40N2O2. The summed E-state index contributed by atoms with van der Waals surface area (Å²) in [7, 11) is 2.22. The summed E-state index contributed by atoms with van der Waals surface area (Å²) in [5.41, 5.74) is 2.74. The van der Waals surface area contributed by atoms with Gasteiger partial charge >= 0.3 is 0 Å². The van der Waals surface area contributed by atoms with E-state index in [9.17, 15) is 4.79 Å². The highest BCUT2D eigenvalue weighted by molar-refractivity contribution is 5.77. The molecule has 0 N–H and O–H groups in total. The van der Waals surface area contributed by atoms with Gasteiger partial charge in [0.15, 0.2) is 0 Å². The minimum Gasteiger partial charge on any atom is -0.493 e. The third kappa shape index (κ3) is 6.58. The standard InChI is InChI=1S/C27H40N2O2/c1-28-16-5-6-23(15-19-28)21-31-26-13-11-25(12-14-26)24-9-7-22(8-10-24)20-27(30)29-17-3-2-4-18-29/h9,11-14,22-23H,2-8,10,15-21H2,1H3. The van der Waals surface area contributed by atoms with Crippen molar-refractivity contribution >= 4 is 11.5 Å². The van der Waals surface area contributed by atoms with Gasteiger partial charge in [0.2, 0.25) is 5.91 Å². The van der Waals surface area contributed by atoms with Gasteiger partial charge in [-0.3, -0.25) is 4.79 Å². The molecule has 0 bridgehead atoms. The summed E-state index contributed by atoms with van der Waals surface area (Å²) in [6, 6.07) is 8.68. The monoisotopic (exact) mass is 424 g/mol. The van der Waals surface area contributed by atoms with Crippen LogP contribution < -0.4 is 4.74 Å². The summed E-state index contributed by atoms with van der Waals surface area (Å²) in [5.74, 6) is 2.56. The van der Waals surface area contributed by atoms with E-state index in [-0.39, 0.29) is 0 Å². The Bertz CT molecular complexity index is 736. The van der Waals surface area contributed by atoms with Crippen LogP contribution in [0.3, 0.4) is 0 Å². The first-order valence-corrected chi connectivity index (χ1v) is 12.6. The molecule has 2 heterocycles. The van der Waals surface area contributed by atoms with Crippen LogP contribution in [0.2, 0.25) is 0 Å². The lowest BCUT2D eigenvalue weighted by molar-refractivity contribution is -0.133. The minimum absolute atomic E-state index is 0.378. The second-order valence-corrected chi connectivity index (χ2v) is 9.95. The molecule has 2 aliphatic heterocycles. The van der Waals surface area contributed by atoms with Crippen molar-refractivity contribution in [3.05, 3.63) is 35.9 Å². The summed E-state index contributed by atoms with van der Waals surface area (Å²) in [6.07, 6.45) is 13.8. The van der Waals surface area contributed by atoms with E-state index in [0.717, 1.165) is 51.1 Å². The van der Waals surface area contributed by atoms with E-state index in [1.807, 2.05) is 0 Å². The molecule has 2 unspecified atom stereocenters. The Labute approximate surface area is 188 Å². The highest BCUT2D eigenvalue weighted by atomic mass is 16.5. The predicted octanol–water partition coefficient (Wildman–Crippen LogP) is 5.38. The van der Waals surface area contributed by atoms with Gasteiger partial charge in [-0.05, 0) is 113 Å². The van der Waals surface area contributed by atoms with E-state index in [1.165, 1.54) is 62.8 Å². The molecule has 1 aliphatic carbocycles. The van der Waals surface area contributed by atoms with Gasteiger partial charge in [-0.15, -0.1) is 0 Å². The maximum absolute atomic E-state index is 12.6. The Morgan fingerprint density at radius 2 is 1.74 bits per heavy atom. The number of likely N-dealkylation sites (tertiary alicyclic amines) is 2. The summed E-state index contributed by atoms with van der Waals surface area (Å²) in [5, 5.41) is 0. The molecule has 4 rings (SSSR count). The molecule has 2 saturated heterocycles. The highest BCUT2D eigenvalue weighted by Crippen LogP contribution is 2.33. The number of allylic oxidation sites excluding steroid dienone is 2. The quantitative estimate of drug-likeness (QED) is 0.614. The fraction of sp³-hybridized carbons (Fsp3) is 0.667. The van der Waals surface area contributed by atoms with Gasteiger partial charge in [-0.1, -0.05) is 18.2 Å². The lowest BCUT2D eigenvalue weighted by atomic mass is 9.84. The van der Waals surface area contributed by atoms with Crippen LogP contribution in [0.15, 0.2) is 30.3 Å². The molecule has 4 nitrogen and oxygen atoms in total. The van der Waals surface area contributed by atoms with Gasteiger partial charge in [0.05, 0.1) is 6.61 Å². The molecule has 1 amide bonds. The lowest BCUT2D eigenvalue weighted by Crippen LogP contribution is -2.36. The Morgan fingerprint density at radius 3 is 2.48 bits per heavy atom. The number of rotatable bonds is 6. The summed E-state index contributed by atoms with van der Waals surface area (Å²) in [4.78, 5) is 17.1. The van der Waals surface area contributed by atoms with Crippen molar-refractivity contribution in [1.82, 2.24) is 9.80 Å². The third-order valence-corrected chi connectivity index (χ3v) is 7.47. The SMILES string of the molecule is CN1CCCC(COc2ccc(C3=CCC(CC(=O)N4CCCCC4)CC3)cc2)CC1. The number of carbonyl (C=O) groups excluding carboxylic acids is 1. The highest BCUT2D eigenvalue weighted by Gasteiger charge is 2.23. The fourth-order valence-electron chi connectivity index (χ4n) is 5.31. The molecular weight excluding hydrogens is 384 g/mol. The van der Waals surface area contributed by atoms with Gasteiger partial charge in [0.1, 0.15) is 5.75 Å². The molecule has 170 valence electrons. The van der Waals surface area contributed by atoms with Crippen LogP contribution in [0.1, 0.15) is 69.8 Å². The van der Waals surface area contributed by atoms with Gasteiger partial charge in [-0.25, -0.2) is 0 Å². The van der Waals surface area contributed by atoms with Gasteiger partial charge in [0, 0.05) is 19.5 Å². The van der Waals surface area contributed by atoms with Crippen LogP contribution in [0.4, 0.5) is 0 Å². The normalized spacial score (nSPS) is 25.6. The predicted molar refractivity (Wildman–Crippen MR) is 127 cm³/mol. The van der Waals surface area contributed by atoms with Crippen LogP contribution in [0, 0.1) is 11.8 Å². The average molecular weight is 425 g/mol. The number of benzene rings is 1. The Morgan fingerprint density at radius 1 is 0.935 bits per heavy atom. The minimum atomic E-state index is 0.378. The zero-order valence-corrected chi connectivity index (χ0v) is 19.4. The summed E-state index contributed by atoms with van der Waals surface area (Å²) >= 11 is 0. The first-order valence-electron chi connectivity index (χ1n) is 12.6. The molecule has 0 spiro atoms. The summed E-state index contributed by atoms with van der Waals surface area (Å²) < 4.78 is 6.12. The fourth-order valence-corrected chi connectivity index (χ4v) is 5.31. The first-order chi connectivity index (χ1) is 15.2. The number of carbonyl (C=O) groups is 1. The molecule has 0 radical (unpaired) electrons. The Hall–Kier alpha value is -1.81. The van der Waals surface area contributed by atoms with Gasteiger partial charge in [0.25, 0.3) is 0 Å². The number of hydrogen-bond acceptors (Lipinski definition) is 3. The van der Waals surface area contributed by atoms with E-state index >= 15 is 0 Å². The van der Waals surface area contributed by atoms with E-state index in [1.54, 1.807) is 0 Å². The summed E-state index contributed by atoms with van der Waals surface area (Å²) in [6.45, 7) is 5.18. The van der Waals surface area contributed by atoms with Crippen molar-refractivity contribution in [2.24, 2.45) is 11.8 Å². The van der Waals surface area contributed by atoms with Crippen molar-refractivity contribution in [3.63, 3.8) is 0 Å². The van der Waals surface area contributed by atoms with E-state index in [0.29, 0.717) is 17.7 Å². The van der Waals surface area contributed by atoms with E-state index in [4.69, 9.17) is 4.74 Å². The molecule has 31 heavy (non-hydrogen) atoms. The van der Waals surface area contributed by atoms with Crippen molar-refractivity contribution in [2.75, 3.05) is 39.8 Å². The Kier molecular flexibility index (Phi) is 8.07. The second kappa shape index (κ2) is 11.2. The smallest absolute Gasteiger partial charge is 0.222 e. The number of piperidine rings is 1. The maximum Gasteiger partial charge on any atom is 0.222 e. The van der Waals surface area contributed by atoms with Crippen molar-refractivity contribution in [1.29, 1.82) is 0 Å². The molecule has 1 aromatic rings. The zero-order valence-electron chi connectivity index (χ0n) is 19.4. The number of hydrogen-bond donors (Lipinski definition) is 0. The molecule has 0 saturated carbocycles. The van der Waals surface area contributed by atoms with Crippen LogP contribution in [-0.4, -0.2) is 55.5 Å². The van der Waals surface area contributed by atoms with Crippen LogP contribution in [0.25, 0.3) is 5.57 Å². The molecule has 1 aromatic carbocycles. The van der Waals surface area contributed by atoms with Crippen molar-refractivity contribution < 1.29 is 9.53 Å². The average Bonchev–Trinajstić information content (AvgIpc) is 3.03. The topological polar surface area (TPSA) is 32.8 Å². The van der Waals surface area contributed by atoms with Crippen LogP contribution >= 0.6 is 0 Å². The van der Waals surface area contributed by atoms with Gasteiger partial charge < -0.3 is 14.5 Å². The van der Waals surface area contributed by atoms with Crippen molar-refractivity contribution in [3.8, 4) is 5.75 Å². The van der Waals surface area contributed by atoms with E-state index < -0.39 is 0 Å². The largest absolute Gasteiger partial charge is 0.493 e. The molecule has 0 aromatic heterocycles. The van der Waals surface area contributed by atoms with Crippen LogP contribution in [0.5, 0.6) is 5.75 Å². The maximum atomic E-state index is 12.6. The van der Waals surface area contributed by atoms with Gasteiger partial charge in [-0.2, -0.15) is 0 Å². The molecule has 3 aliphatic rings. The van der Waals surface area contributed by atoms with Crippen molar-refractivity contribution in [2.45, 2.75) is 64.2 Å². The van der Waals surface area contributed by atoms with Crippen LogP contribution in [-0.2, 0) is 4.79 Å². The molecule has 2 fully saturated rings. The first kappa shape index (κ1) is 22.4. The number of nitrogens with zero attached hydrogens (tertiary/aromatic N) is 2. The second-order valence-electron chi connectivity index (χ2n) is 9.95. The van der Waals surface area contributed by atoms with E-state index in [2.05, 4.69) is 47.2 Å². The lowest BCUT2D eigenvalue weighted by Gasteiger charge is -2.29.